The van der Waals surface area contributed by atoms with Gasteiger partial charge in [0, 0.05) is 42.6 Å². The topological polar surface area (TPSA) is 53.8 Å². The Morgan fingerprint density at radius 2 is 1.47 bits per heavy atom. The van der Waals surface area contributed by atoms with Crippen molar-refractivity contribution < 1.29 is 14.0 Å². The average Bonchev–Trinajstić information content (AvgIpc) is 3.29. The number of hydrogen-bond donors (Lipinski definition) is 0. The molecule has 0 aliphatic carbocycles. The molecule has 3 aromatic rings. The highest BCUT2D eigenvalue weighted by atomic mass is 16.3. The fourth-order valence-corrected chi connectivity index (χ4v) is 4.44. The van der Waals surface area contributed by atoms with Crippen LogP contribution in [0.1, 0.15) is 96.9 Å². The molecule has 3 rings (SSSR count). The second-order valence-electron chi connectivity index (χ2n) is 10.1. The Labute approximate surface area is 228 Å². The van der Waals surface area contributed by atoms with Gasteiger partial charge in [0.2, 0.25) is 0 Å². The summed E-state index contributed by atoms with van der Waals surface area (Å²) in [5, 5.41) is 0.692. The van der Waals surface area contributed by atoms with Gasteiger partial charge in [-0.3, -0.25) is 14.5 Å². The number of aryl methyl sites for hydroxylation is 1. The van der Waals surface area contributed by atoms with Crippen molar-refractivity contribution in [3.63, 3.8) is 0 Å². The summed E-state index contributed by atoms with van der Waals surface area (Å²) in [7, 11) is 3.44. The number of benzene rings is 2. The molecule has 1 aromatic heterocycles. The van der Waals surface area contributed by atoms with E-state index in [-0.39, 0.29) is 11.7 Å². The van der Waals surface area contributed by atoms with Gasteiger partial charge in [0.05, 0.1) is 12.1 Å². The second kappa shape index (κ2) is 14.5. The van der Waals surface area contributed by atoms with Crippen LogP contribution in [0.4, 0.5) is 0 Å². The first-order valence-corrected chi connectivity index (χ1v) is 14.0. The van der Waals surface area contributed by atoms with Crippen LogP contribution in [0.15, 0.2) is 46.9 Å². The van der Waals surface area contributed by atoms with Crippen molar-refractivity contribution in [2.45, 2.75) is 65.7 Å². The van der Waals surface area contributed by atoms with Gasteiger partial charge in [0.25, 0.3) is 5.91 Å². The lowest BCUT2D eigenvalue weighted by molar-refractivity contribution is 0.0827. The summed E-state index contributed by atoms with van der Waals surface area (Å²) >= 11 is 0. The van der Waals surface area contributed by atoms with Crippen LogP contribution in [0.2, 0.25) is 0 Å². The first-order valence-electron chi connectivity index (χ1n) is 14.0. The molecular weight excluding hydrogens is 472 g/mol. The number of fused-ring (bicyclic) bond motifs is 1. The van der Waals surface area contributed by atoms with E-state index in [1.54, 1.807) is 32.3 Å². The molecule has 0 saturated carbocycles. The van der Waals surface area contributed by atoms with Crippen LogP contribution in [-0.2, 0) is 6.42 Å². The average molecular weight is 515 g/mol. The maximum atomic E-state index is 13.7. The summed E-state index contributed by atoms with van der Waals surface area (Å²) in [6.07, 6.45) is 7.35. The molecule has 38 heavy (non-hydrogen) atoms. The molecule has 0 radical (unpaired) electrons. The number of ketones is 1. The summed E-state index contributed by atoms with van der Waals surface area (Å²) in [6, 6.07) is 12.8. The number of amides is 1. The molecule has 0 aliphatic heterocycles. The molecule has 0 fully saturated rings. The monoisotopic (exact) mass is 514 g/mol. The number of hydrogen-bond acceptors (Lipinski definition) is 4. The van der Waals surface area contributed by atoms with E-state index >= 15 is 0 Å². The van der Waals surface area contributed by atoms with Gasteiger partial charge in [-0.2, -0.15) is 0 Å². The first-order chi connectivity index (χ1) is 18.4. The number of unbranched alkanes of at least 4 members (excludes halogenated alkanes) is 3. The highest BCUT2D eigenvalue weighted by Crippen LogP contribution is 2.31. The highest BCUT2D eigenvalue weighted by Gasteiger charge is 2.23. The van der Waals surface area contributed by atoms with Crippen molar-refractivity contribution >= 4 is 22.7 Å². The third kappa shape index (κ3) is 7.58. The Hall–Kier alpha value is -3.36. The fraction of sp³-hybridized carbons (Fsp3) is 0.455. The molecule has 0 saturated heterocycles. The lowest BCUT2D eigenvalue weighted by Gasteiger charge is -2.18. The van der Waals surface area contributed by atoms with Crippen molar-refractivity contribution in [2.24, 2.45) is 0 Å². The Kier molecular flexibility index (Phi) is 11.2. The van der Waals surface area contributed by atoms with Gasteiger partial charge in [-0.1, -0.05) is 51.9 Å². The summed E-state index contributed by atoms with van der Waals surface area (Å²) in [5.74, 6) is 7.07. The lowest BCUT2D eigenvalue weighted by atomic mass is 9.96. The fourth-order valence-electron chi connectivity index (χ4n) is 4.44. The maximum absolute atomic E-state index is 13.7. The molecule has 0 atom stereocenters. The zero-order chi connectivity index (χ0) is 27.5. The van der Waals surface area contributed by atoms with Crippen LogP contribution < -0.4 is 0 Å². The predicted molar refractivity (Wildman–Crippen MR) is 156 cm³/mol. The minimum atomic E-state index is -0.104. The number of carbonyl (C=O) groups is 2. The van der Waals surface area contributed by atoms with E-state index in [0.717, 1.165) is 38.0 Å². The Morgan fingerprint density at radius 3 is 2.08 bits per heavy atom. The minimum absolute atomic E-state index is 0.0888. The molecule has 1 amide bonds. The molecule has 0 unspecified atom stereocenters. The molecular formula is C33H42N2O3. The van der Waals surface area contributed by atoms with Crippen LogP contribution in [0.5, 0.6) is 0 Å². The smallest absolute Gasteiger partial charge is 0.253 e. The van der Waals surface area contributed by atoms with E-state index in [9.17, 15) is 9.59 Å². The third-order valence-corrected chi connectivity index (χ3v) is 6.74. The van der Waals surface area contributed by atoms with Crippen molar-refractivity contribution in [1.82, 2.24) is 9.80 Å². The molecule has 0 spiro atoms. The predicted octanol–water partition coefficient (Wildman–Crippen LogP) is 6.96. The number of rotatable bonds is 13. The van der Waals surface area contributed by atoms with Crippen LogP contribution >= 0.6 is 0 Å². The maximum Gasteiger partial charge on any atom is 0.253 e. The zero-order valence-electron chi connectivity index (χ0n) is 23.7. The summed E-state index contributed by atoms with van der Waals surface area (Å²) in [4.78, 5) is 30.3. The normalized spacial score (nSPS) is 11.0. The Bertz CT molecular complexity index is 1270. The van der Waals surface area contributed by atoms with E-state index < -0.39 is 0 Å². The molecule has 2 aromatic carbocycles. The molecule has 0 aliphatic rings. The number of nitrogens with zero attached hydrogens (tertiary/aromatic N) is 2. The summed E-state index contributed by atoms with van der Waals surface area (Å²) in [6.45, 7) is 9.47. The van der Waals surface area contributed by atoms with E-state index in [2.05, 4.69) is 37.5 Å². The van der Waals surface area contributed by atoms with Crippen molar-refractivity contribution in [3.8, 4) is 11.8 Å². The Morgan fingerprint density at radius 1 is 0.842 bits per heavy atom. The Balaban J connectivity index is 1.86. The van der Waals surface area contributed by atoms with Gasteiger partial charge in [-0.15, -0.1) is 0 Å². The summed E-state index contributed by atoms with van der Waals surface area (Å²) in [5.41, 5.74) is 3.22. The van der Waals surface area contributed by atoms with Crippen molar-refractivity contribution in [1.29, 1.82) is 0 Å². The quantitative estimate of drug-likeness (QED) is 0.183. The van der Waals surface area contributed by atoms with E-state index in [0.29, 0.717) is 39.8 Å². The molecule has 1 heterocycles. The molecule has 5 nitrogen and oxygen atoms in total. The number of furan rings is 1. The highest BCUT2D eigenvalue weighted by molar-refractivity contribution is 6.17. The molecule has 0 bridgehead atoms. The van der Waals surface area contributed by atoms with E-state index in [1.165, 1.54) is 30.6 Å². The van der Waals surface area contributed by atoms with Gasteiger partial charge >= 0.3 is 0 Å². The minimum Gasteiger partial charge on any atom is -0.460 e. The first kappa shape index (κ1) is 29.2. The van der Waals surface area contributed by atoms with E-state index in [4.69, 9.17) is 4.42 Å². The number of carbonyl (C=O) groups excluding carboxylic acids is 2. The van der Waals surface area contributed by atoms with Gasteiger partial charge in [0.1, 0.15) is 11.3 Å². The van der Waals surface area contributed by atoms with Crippen LogP contribution in [0.3, 0.4) is 0 Å². The van der Waals surface area contributed by atoms with Gasteiger partial charge < -0.3 is 9.32 Å². The van der Waals surface area contributed by atoms with Crippen molar-refractivity contribution in [3.05, 3.63) is 70.5 Å². The van der Waals surface area contributed by atoms with Crippen LogP contribution in [0.25, 0.3) is 11.0 Å². The third-order valence-electron chi connectivity index (χ3n) is 6.74. The molecule has 0 N–H and O–H groups in total. The van der Waals surface area contributed by atoms with Crippen LogP contribution in [0, 0.1) is 11.8 Å². The van der Waals surface area contributed by atoms with E-state index in [1.807, 2.05) is 24.3 Å². The molecule has 5 heteroatoms. The molecule has 202 valence electrons. The second-order valence-corrected chi connectivity index (χ2v) is 10.1. The zero-order valence-corrected chi connectivity index (χ0v) is 23.7. The standard InChI is InChI=1S/C33H42N2O3/c1-6-9-14-30-31(28-24-27(33(37)34(4)5)19-20-29(28)38-30)32(36)26-17-15-25(16-18-26)13-12-23-35(21-10-7-2)22-11-8-3/h15-20,24H,6-11,14,21-23H2,1-5H3. The lowest BCUT2D eigenvalue weighted by Crippen LogP contribution is -2.26. The van der Waals surface area contributed by atoms with Gasteiger partial charge in [-0.05, 0) is 74.8 Å². The van der Waals surface area contributed by atoms with Crippen LogP contribution in [-0.4, -0.2) is 55.2 Å². The SMILES string of the molecule is CCCCc1oc2ccc(C(=O)N(C)C)cc2c1C(=O)c1ccc(C#CCN(CCCC)CCCC)cc1. The van der Waals surface area contributed by atoms with Gasteiger partial charge in [-0.25, -0.2) is 0 Å². The largest absolute Gasteiger partial charge is 0.460 e. The summed E-state index contributed by atoms with van der Waals surface area (Å²) < 4.78 is 6.12. The van der Waals surface area contributed by atoms with Crippen molar-refractivity contribution in [2.75, 3.05) is 33.7 Å². The van der Waals surface area contributed by atoms with Gasteiger partial charge in [0.15, 0.2) is 5.78 Å².